The molecule has 0 bridgehead atoms. The Hall–Kier alpha value is -4.85. The molecule has 1 fully saturated rings. The van der Waals surface area contributed by atoms with Crippen LogP contribution in [0.4, 0.5) is 0 Å². The van der Waals surface area contributed by atoms with E-state index in [0.717, 1.165) is 27.7 Å². The number of hydrogen-bond donors (Lipinski definition) is 1. The fraction of sp³-hybridized carbons (Fsp3) is 0.564. The summed E-state index contributed by atoms with van der Waals surface area (Å²) in [7, 11) is 0. The molecule has 0 unspecified atom stereocenters. The lowest BCUT2D eigenvalue weighted by atomic mass is 9.72. The monoisotopic (exact) mass is 742 g/mol. The molecule has 1 N–H and O–H groups in total. The van der Waals surface area contributed by atoms with Crippen molar-refractivity contribution in [3.63, 3.8) is 0 Å². The van der Waals surface area contributed by atoms with Crippen LogP contribution in [0, 0.1) is 23.2 Å². The predicted octanol–water partition coefficient (Wildman–Crippen LogP) is 4.01. The normalized spacial score (nSPS) is 31.8. The number of rotatable bonds is 8. The first kappa shape index (κ1) is 42.6. The molecule has 0 heterocycles. The second-order valence-corrected chi connectivity index (χ2v) is 14.8. The maximum atomic E-state index is 14.6. The van der Waals surface area contributed by atoms with E-state index in [0.29, 0.717) is 0 Å². The summed E-state index contributed by atoms with van der Waals surface area (Å²) in [5, 5.41) is 12.7. The maximum absolute atomic E-state index is 14.6. The van der Waals surface area contributed by atoms with Gasteiger partial charge in [-0.3, -0.25) is 28.8 Å². The van der Waals surface area contributed by atoms with Gasteiger partial charge in [0, 0.05) is 51.0 Å². The SMILES string of the molecule is C=C1[C@H](OC(=O)c2ccccc2)[C@@H](OC(C)=O)[C@@H](OC(C)=O)C(C)(C)/C=C/[C@H](C)C(=O)[C@@]2(O)C[C@@](C)(OC(C)=O)[C@H](OC(C)=O)[C@@H]2[C@H]1OC(=O)C(C)C. The first-order chi connectivity index (χ1) is 24.4. The topological polar surface area (TPSA) is 195 Å². The summed E-state index contributed by atoms with van der Waals surface area (Å²) in [4.78, 5) is 92.7. The smallest absolute Gasteiger partial charge is 0.338 e. The molecule has 1 aromatic rings. The van der Waals surface area contributed by atoms with Gasteiger partial charge in [-0.1, -0.05) is 71.5 Å². The molecule has 0 spiro atoms. The second kappa shape index (κ2) is 16.4. The highest BCUT2D eigenvalue weighted by Crippen LogP contribution is 2.52. The minimum atomic E-state index is -2.57. The number of benzene rings is 1. The molecule has 3 rings (SSSR count). The molecule has 0 radical (unpaired) electrons. The van der Waals surface area contributed by atoms with Gasteiger partial charge in [-0.25, -0.2) is 4.79 Å². The van der Waals surface area contributed by atoms with Crippen LogP contribution in [-0.4, -0.2) is 88.4 Å². The Kier molecular flexibility index (Phi) is 13.2. The number of aliphatic hydroxyl groups is 1. The Morgan fingerprint density at radius 2 is 1.34 bits per heavy atom. The van der Waals surface area contributed by atoms with E-state index in [-0.39, 0.29) is 11.1 Å². The van der Waals surface area contributed by atoms with Crippen molar-refractivity contribution in [3.05, 3.63) is 60.2 Å². The zero-order chi connectivity index (χ0) is 40.2. The van der Waals surface area contributed by atoms with Gasteiger partial charge in [0.05, 0.1) is 17.4 Å². The van der Waals surface area contributed by atoms with Crippen molar-refractivity contribution in [2.75, 3.05) is 0 Å². The summed E-state index contributed by atoms with van der Waals surface area (Å²) in [5.74, 6) is -9.77. The standard InChI is InChI=1S/C39H50O14/c1-20(2)35(45)51-29-22(4)30(52-36(46)27-15-13-12-14-16-27)31(48-23(5)40)34(50-25(7)42)37(9,10)18-17-21(3)32(44)39(47)19-38(11,53-26(8)43)33(28(29)39)49-24(6)41/h12-18,20-21,28-31,33-34,47H,4,19H2,1-3,5-11H3/b18-17+/t21-,28-,29-,30-,31+,33+,34+,38+,39+/m0/s1. The third-order valence-electron chi connectivity index (χ3n) is 9.36. The van der Waals surface area contributed by atoms with Crippen LogP contribution in [0.15, 0.2) is 54.6 Å². The molecule has 2 aliphatic carbocycles. The van der Waals surface area contributed by atoms with Gasteiger partial charge in [0.1, 0.15) is 17.3 Å². The number of hydrogen-bond acceptors (Lipinski definition) is 14. The van der Waals surface area contributed by atoms with E-state index in [1.165, 1.54) is 52.0 Å². The van der Waals surface area contributed by atoms with Gasteiger partial charge < -0.3 is 33.5 Å². The molecule has 2 aliphatic rings. The van der Waals surface area contributed by atoms with Crippen LogP contribution in [0.25, 0.3) is 0 Å². The fourth-order valence-electron chi connectivity index (χ4n) is 7.02. The summed E-state index contributed by atoms with van der Waals surface area (Å²) in [5.41, 5.74) is -6.04. The summed E-state index contributed by atoms with van der Waals surface area (Å²) in [6.45, 7) is 17.6. The van der Waals surface area contributed by atoms with Crippen molar-refractivity contribution in [3.8, 4) is 0 Å². The molecule has 14 heteroatoms. The van der Waals surface area contributed by atoms with Gasteiger partial charge in [-0.05, 0) is 19.1 Å². The highest BCUT2D eigenvalue weighted by Gasteiger charge is 2.69. The average Bonchev–Trinajstić information content (AvgIpc) is 3.26. The third kappa shape index (κ3) is 9.58. The molecule has 0 saturated heterocycles. The molecule has 14 nitrogen and oxygen atoms in total. The van der Waals surface area contributed by atoms with Crippen LogP contribution in [0.3, 0.4) is 0 Å². The van der Waals surface area contributed by atoms with Gasteiger partial charge in [-0.15, -0.1) is 0 Å². The number of allylic oxidation sites excluding steroid dienone is 1. The van der Waals surface area contributed by atoms with Crippen molar-refractivity contribution in [1.29, 1.82) is 0 Å². The Bertz CT molecular complexity index is 1640. The number of carbonyl (C=O) groups excluding carboxylic acids is 7. The number of esters is 6. The van der Waals surface area contributed by atoms with Crippen LogP contribution < -0.4 is 0 Å². The van der Waals surface area contributed by atoms with Crippen LogP contribution >= 0.6 is 0 Å². The second-order valence-electron chi connectivity index (χ2n) is 14.8. The van der Waals surface area contributed by atoms with Crippen molar-refractivity contribution >= 4 is 41.6 Å². The van der Waals surface area contributed by atoms with E-state index in [9.17, 15) is 38.7 Å². The van der Waals surface area contributed by atoms with E-state index in [2.05, 4.69) is 6.58 Å². The van der Waals surface area contributed by atoms with Gasteiger partial charge in [0.15, 0.2) is 30.2 Å². The van der Waals surface area contributed by atoms with Gasteiger partial charge >= 0.3 is 35.8 Å². The first-order valence-electron chi connectivity index (χ1n) is 17.3. The molecule has 53 heavy (non-hydrogen) atoms. The minimum absolute atomic E-state index is 0.0495. The Morgan fingerprint density at radius 3 is 1.85 bits per heavy atom. The van der Waals surface area contributed by atoms with E-state index in [4.69, 9.17) is 28.4 Å². The van der Waals surface area contributed by atoms with Crippen molar-refractivity contribution in [2.24, 2.45) is 23.2 Å². The molecule has 0 aromatic heterocycles. The average molecular weight is 743 g/mol. The lowest BCUT2D eigenvalue weighted by Gasteiger charge is -2.44. The number of Topliss-reactive ketones (excluding diaryl/α,β-unsaturated/α-hetero) is 1. The van der Waals surface area contributed by atoms with E-state index >= 15 is 0 Å². The summed E-state index contributed by atoms with van der Waals surface area (Å²) in [6, 6.07) is 7.71. The van der Waals surface area contributed by atoms with Crippen LogP contribution in [0.5, 0.6) is 0 Å². The van der Waals surface area contributed by atoms with Crippen LogP contribution in [0.2, 0.25) is 0 Å². The fourth-order valence-corrected chi connectivity index (χ4v) is 7.02. The largest absolute Gasteiger partial charge is 0.458 e. The molecule has 0 aliphatic heterocycles. The van der Waals surface area contributed by atoms with E-state index < -0.39 is 113 Å². The molecular weight excluding hydrogens is 692 g/mol. The zero-order valence-electron chi connectivity index (χ0n) is 31.8. The lowest BCUT2D eigenvalue weighted by Crippen LogP contribution is -2.58. The minimum Gasteiger partial charge on any atom is -0.458 e. The third-order valence-corrected chi connectivity index (χ3v) is 9.36. The Morgan fingerprint density at radius 1 is 0.792 bits per heavy atom. The molecule has 9 atom stereocenters. The highest BCUT2D eigenvalue weighted by atomic mass is 16.6. The number of fused-ring (bicyclic) bond motifs is 1. The number of carbonyl (C=O) groups is 7. The first-order valence-corrected chi connectivity index (χ1v) is 17.3. The summed E-state index contributed by atoms with van der Waals surface area (Å²) in [6.07, 6.45) is -6.15. The lowest BCUT2D eigenvalue weighted by molar-refractivity contribution is -0.190. The van der Waals surface area contributed by atoms with E-state index in [1.54, 1.807) is 32.0 Å². The maximum Gasteiger partial charge on any atom is 0.338 e. The van der Waals surface area contributed by atoms with Crippen molar-refractivity contribution < 1.29 is 67.1 Å². The molecule has 1 aromatic carbocycles. The zero-order valence-corrected chi connectivity index (χ0v) is 31.8. The Labute approximate surface area is 309 Å². The Balaban J connectivity index is 2.54. The quantitative estimate of drug-likeness (QED) is 0.228. The molecule has 0 amide bonds. The van der Waals surface area contributed by atoms with Crippen molar-refractivity contribution in [2.45, 2.75) is 117 Å². The summed E-state index contributed by atoms with van der Waals surface area (Å²) >= 11 is 0. The van der Waals surface area contributed by atoms with Crippen LogP contribution in [-0.2, 0) is 57.2 Å². The highest BCUT2D eigenvalue weighted by molar-refractivity contribution is 5.92. The van der Waals surface area contributed by atoms with Gasteiger partial charge in [0.25, 0.3) is 0 Å². The van der Waals surface area contributed by atoms with Crippen LogP contribution in [0.1, 0.15) is 86.0 Å². The molecular formula is C39H50O14. The number of ketones is 1. The predicted molar refractivity (Wildman–Crippen MR) is 186 cm³/mol. The summed E-state index contributed by atoms with van der Waals surface area (Å²) < 4.78 is 35.1. The van der Waals surface area contributed by atoms with E-state index in [1.807, 2.05) is 0 Å². The molecule has 290 valence electrons. The number of ether oxygens (including phenoxy) is 6. The van der Waals surface area contributed by atoms with Gasteiger partial charge in [-0.2, -0.15) is 0 Å². The van der Waals surface area contributed by atoms with Gasteiger partial charge in [0.2, 0.25) is 0 Å². The molecule has 1 saturated carbocycles. The van der Waals surface area contributed by atoms with Crippen molar-refractivity contribution in [1.82, 2.24) is 0 Å².